The van der Waals surface area contributed by atoms with Crippen LogP contribution in [0.5, 0.6) is 5.75 Å². The van der Waals surface area contributed by atoms with E-state index in [1.54, 1.807) is 75.4 Å². The molecule has 11 heteroatoms. The van der Waals surface area contributed by atoms with Gasteiger partial charge in [0.25, 0.3) is 5.91 Å². The number of aliphatic hydroxyl groups excluding tert-OH is 1. The minimum absolute atomic E-state index is 0.0105. The fraction of sp³-hybridized carbons (Fsp3) is 0.364. The van der Waals surface area contributed by atoms with Gasteiger partial charge in [0.2, 0.25) is 5.90 Å². The van der Waals surface area contributed by atoms with Gasteiger partial charge in [0.1, 0.15) is 17.2 Å². The normalized spacial score (nSPS) is 17.9. The van der Waals surface area contributed by atoms with E-state index in [0.29, 0.717) is 40.5 Å². The SMILES string of the molecule is CC(C)(C)OC(=O)CC[C@@]1(C(=O)NCc2cccc(F)c2)N=C(c2ccc(OCCCO)cc2)O[C@@H]1c1ccc(Cl)cc1Cl. The molecule has 0 spiro atoms. The number of carbonyl (C=O) groups excluding carboxylic acids is 2. The van der Waals surface area contributed by atoms with Crippen molar-refractivity contribution < 1.29 is 33.3 Å². The molecule has 1 amide bonds. The maximum atomic E-state index is 14.2. The number of aliphatic hydroxyl groups is 1. The van der Waals surface area contributed by atoms with Gasteiger partial charge in [-0.05, 0) is 81.3 Å². The van der Waals surface area contributed by atoms with E-state index in [1.165, 1.54) is 12.1 Å². The van der Waals surface area contributed by atoms with Gasteiger partial charge in [-0.25, -0.2) is 9.38 Å². The van der Waals surface area contributed by atoms with E-state index in [9.17, 15) is 14.0 Å². The van der Waals surface area contributed by atoms with Crippen LogP contribution in [0.2, 0.25) is 10.0 Å². The first-order chi connectivity index (χ1) is 20.9. The van der Waals surface area contributed by atoms with Crippen molar-refractivity contribution in [1.29, 1.82) is 0 Å². The van der Waals surface area contributed by atoms with Gasteiger partial charge < -0.3 is 24.6 Å². The maximum Gasteiger partial charge on any atom is 0.306 e. The molecule has 0 radical (unpaired) electrons. The third kappa shape index (κ3) is 8.49. The fourth-order valence-corrected chi connectivity index (χ4v) is 5.24. The second-order valence-corrected chi connectivity index (χ2v) is 12.2. The smallest absolute Gasteiger partial charge is 0.306 e. The van der Waals surface area contributed by atoms with Gasteiger partial charge in [-0.15, -0.1) is 0 Å². The second-order valence-electron chi connectivity index (χ2n) is 11.4. The molecule has 0 saturated carbocycles. The van der Waals surface area contributed by atoms with Crippen molar-refractivity contribution in [2.45, 2.75) is 63.8 Å². The predicted octanol–water partition coefficient (Wildman–Crippen LogP) is 6.59. The zero-order chi connectivity index (χ0) is 31.9. The summed E-state index contributed by atoms with van der Waals surface area (Å²) in [6.45, 7) is 5.66. The molecule has 8 nitrogen and oxygen atoms in total. The molecule has 0 aliphatic carbocycles. The second kappa shape index (κ2) is 14.4. The van der Waals surface area contributed by atoms with Crippen LogP contribution in [-0.2, 0) is 25.6 Å². The van der Waals surface area contributed by atoms with Crippen LogP contribution in [0.4, 0.5) is 4.39 Å². The van der Waals surface area contributed by atoms with E-state index in [2.05, 4.69) is 5.32 Å². The van der Waals surface area contributed by atoms with Gasteiger partial charge in [-0.2, -0.15) is 0 Å². The number of nitrogens with zero attached hydrogens (tertiary/aromatic N) is 1. The third-order valence-corrected chi connectivity index (χ3v) is 7.31. The number of amides is 1. The largest absolute Gasteiger partial charge is 0.494 e. The molecule has 0 saturated heterocycles. The van der Waals surface area contributed by atoms with Gasteiger partial charge in [0.15, 0.2) is 11.6 Å². The number of hydrogen-bond acceptors (Lipinski definition) is 7. The summed E-state index contributed by atoms with van der Waals surface area (Å²) in [5, 5.41) is 12.5. The summed E-state index contributed by atoms with van der Waals surface area (Å²) >= 11 is 12.8. The molecular formula is C33H35Cl2FN2O6. The van der Waals surface area contributed by atoms with Crippen molar-refractivity contribution >= 4 is 41.0 Å². The Morgan fingerprint density at radius 2 is 1.84 bits per heavy atom. The standard InChI is InChI=1S/C33H35Cl2FN2O6/c1-32(2,3)44-28(40)14-15-33(31(41)37-20-21-6-4-7-24(36)18-21)29(26-13-10-23(34)19-27(26)35)43-30(38-33)22-8-11-25(12-9-22)42-17-5-16-39/h4,6-13,18-19,29,39H,5,14-17,20H2,1-3H3,(H,37,41)/t29-,33-/m1/s1. The molecule has 1 aliphatic heterocycles. The third-order valence-electron chi connectivity index (χ3n) is 6.75. The number of hydrogen-bond donors (Lipinski definition) is 2. The molecule has 234 valence electrons. The quantitative estimate of drug-likeness (QED) is 0.170. The van der Waals surface area contributed by atoms with Crippen molar-refractivity contribution in [1.82, 2.24) is 5.32 Å². The maximum absolute atomic E-state index is 14.2. The molecule has 3 aromatic carbocycles. The number of nitrogens with one attached hydrogen (secondary N) is 1. The zero-order valence-electron chi connectivity index (χ0n) is 24.7. The van der Waals surface area contributed by atoms with E-state index in [1.807, 2.05) is 0 Å². The lowest BCUT2D eigenvalue weighted by atomic mass is 9.83. The van der Waals surface area contributed by atoms with E-state index in [0.717, 1.165) is 0 Å². The number of esters is 1. The summed E-state index contributed by atoms with van der Waals surface area (Å²) in [6, 6.07) is 17.7. The lowest BCUT2D eigenvalue weighted by Gasteiger charge is -2.31. The lowest BCUT2D eigenvalue weighted by Crippen LogP contribution is -2.48. The number of halogens is 3. The zero-order valence-corrected chi connectivity index (χ0v) is 26.3. The fourth-order valence-electron chi connectivity index (χ4n) is 4.73. The van der Waals surface area contributed by atoms with Crippen molar-refractivity contribution in [3.8, 4) is 5.75 Å². The van der Waals surface area contributed by atoms with Crippen molar-refractivity contribution in [2.75, 3.05) is 13.2 Å². The number of ether oxygens (including phenoxy) is 3. The highest BCUT2D eigenvalue weighted by molar-refractivity contribution is 6.35. The van der Waals surface area contributed by atoms with E-state index < -0.39 is 34.9 Å². The van der Waals surface area contributed by atoms with Crippen LogP contribution in [0.25, 0.3) is 0 Å². The van der Waals surface area contributed by atoms with Crippen molar-refractivity contribution in [2.24, 2.45) is 4.99 Å². The first kappa shape index (κ1) is 33.2. The number of benzene rings is 3. The van der Waals surface area contributed by atoms with Crippen LogP contribution in [-0.4, -0.2) is 47.2 Å². The summed E-state index contributed by atoms with van der Waals surface area (Å²) in [5.41, 5.74) is -0.838. The average molecular weight is 646 g/mol. The van der Waals surface area contributed by atoms with Gasteiger partial charge in [0, 0.05) is 47.2 Å². The minimum atomic E-state index is -1.66. The molecule has 44 heavy (non-hydrogen) atoms. The number of aliphatic imine (C=N–C) groups is 1. The molecule has 2 atom stereocenters. The molecule has 3 aromatic rings. The highest BCUT2D eigenvalue weighted by Gasteiger charge is 2.54. The van der Waals surface area contributed by atoms with E-state index in [4.69, 9.17) is 47.5 Å². The highest BCUT2D eigenvalue weighted by atomic mass is 35.5. The number of rotatable bonds is 12. The van der Waals surface area contributed by atoms with Crippen LogP contribution >= 0.6 is 23.2 Å². The Morgan fingerprint density at radius 3 is 2.50 bits per heavy atom. The average Bonchev–Trinajstić information content (AvgIpc) is 3.35. The predicted molar refractivity (Wildman–Crippen MR) is 167 cm³/mol. The first-order valence-electron chi connectivity index (χ1n) is 14.2. The highest BCUT2D eigenvalue weighted by Crippen LogP contribution is 2.46. The monoisotopic (exact) mass is 644 g/mol. The summed E-state index contributed by atoms with van der Waals surface area (Å²) in [7, 11) is 0. The van der Waals surface area contributed by atoms with Crippen LogP contribution < -0.4 is 10.1 Å². The molecule has 0 unspecified atom stereocenters. The van der Waals surface area contributed by atoms with Crippen LogP contribution in [0, 0.1) is 5.82 Å². The molecule has 0 bridgehead atoms. The van der Waals surface area contributed by atoms with E-state index >= 15 is 0 Å². The number of carbonyl (C=O) groups is 2. The molecule has 0 fully saturated rings. The summed E-state index contributed by atoms with van der Waals surface area (Å²) in [6.07, 6.45) is -0.777. The molecular weight excluding hydrogens is 610 g/mol. The molecule has 1 heterocycles. The Labute approximate surface area is 266 Å². The molecule has 1 aliphatic rings. The molecule has 0 aromatic heterocycles. The van der Waals surface area contributed by atoms with Crippen molar-refractivity contribution in [3.63, 3.8) is 0 Å². The Bertz CT molecular complexity index is 1510. The van der Waals surface area contributed by atoms with Crippen molar-refractivity contribution in [3.05, 3.63) is 99.3 Å². The van der Waals surface area contributed by atoms with Crippen LogP contribution in [0.15, 0.2) is 71.7 Å². The minimum Gasteiger partial charge on any atom is -0.494 e. The topological polar surface area (TPSA) is 106 Å². The molecule has 4 rings (SSSR count). The van der Waals surface area contributed by atoms with Crippen LogP contribution in [0.3, 0.4) is 0 Å². The Hall–Kier alpha value is -3.66. The van der Waals surface area contributed by atoms with Crippen LogP contribution in [0.1, 0.15) is 62.8 Å². The Balaban J connectivity index is 1.75. The van der Waals surface area contributed by atoms with Gasteiger partial charge in [-0.3, -0.25) is 9.59 Å². The Morgan fingerprint density at radius 1 is 1.09 bits per heavy atom. The molecule has 2 N–H and O–H groups in total. The van der Waals surface area contributed by atoms with Gasteiger partial charge in [0.05, 0.1) is 6.61 Å². The lowest BCUT2D eigenvalue weighted by molar-refractivity contribution is -0.155. The summed E-state index contributed by atoms with van der Waals surface area (Å²) < 4.78 is 31.5. The summed E-state index contributed by atoms with van der Waals surface area (Å²) in [5.74, 6) is -0.741. The van der Waals surface area contributed by atoms with Gasteiger partial charge in [-0.1, -0.05) is 41.4 Å². The summed E-state index contributed by atoms with van der Waals surface area (Å²) in [4.78, 5) is 31.9. The first-order valence-corrected chi connectivity index (χ1v) is 15.0. The van der Waals surface area contributed by atoms with Gasteiger partial charge >= 0.3 is 5.97 Å². The Kier molecular flexibility index (Phi) is 10.9. The van der Waals surface area contributed by atoms with E-state index in [-0.39, 0.29) is 36.9 Å².